The van der Waals surface area contributed by atoms with Gasteiger partial charge in [0.1, 0.15) is 0 Å². The molecule has 0 aromatic carbocycles. The van der Waals surface area contributed by atoms with E-state index in [-0.39, 0.29) is 13.2 Å². The van der Waals surface area contributed by atoms with E-state index in [9.17, 15) is 8.60 Å². The minimum absolute atomic E-state index is 0.254. The number of hydrogen-bond acceptors (Lipinski definition) is 2. The molecule has 0 aliphatic carbocycles. The molecule has 0 aromatic heterocycles. The SMILES string of the molecule is O=S(O)C1(F)COC1. The molecule has 0 amide bonds. The molecule has 1 saturated heterocycles. The van der Waals surface area contributed by atoms with E-state index in [1.807, 2.05) is 0 Å². The Bertz CT molecular complexity index is 122. The predicted molar refractivity (Wildman–Crippen MR) is 25.4 cm³/mol. The summed E-state index contributed by atoms with van der Waals surface area (Å²) in [7, 11) is 0. The van der Waals surface area contributed by atoms with Gasteiger partial charge in [0.2, 0.25) is 0 Å². The van der Waals surface area contributed by atoms with Crippen molar-refractivity contribution < 1.29 is 17.9 Å². The summed E-state index contributed by atoms with van der Waals surface area (Å²) in [5.41, 5.74) is 0. The van der Waals surface area contributed by atoms with Crippen molar-refractivity contribution in [1.29, 1.82) is 0 Å². The Kier molecular flexibility index (Phi) is 1.34. The standard InChI is InChI=1S/C3H5FO3S/c4-3(8(5)6)1-7-2-3/h1-2H2,(H,5,6). The van der Waals surface area contributed by atoms with Crippen LogP contribution in [0.15, 0.2) is 0 Å². The van der Waals surface area contributed by atoms with Crippen LogP contribution in [0.3, 0.4) is 0 Å². The van der Waals surface area contributed by atoms with Gasteiger partial charge in [-0.15, -0.1) is 0 Å². The second kappa shape index (κ2) is 1.75. The minimum atomic E-state index is -2.38. The van der Waals surface area contributed by atoms with Crippen molar-refractivity contribution in [3.63, 3.8) is 0 Å². The Labute approximate surface area is 48.1 Å². The highest BCUT2D eigenvalue weighted by Crippen LogP contribution is 2.24. The van der Waals surface area contributed by atoms with Gasteiger partial charge in [-0.3, -0.25) is 0 Å². The second-order valence-electron chi connectivity index (χ2n) is 1.63. The van der Waals surface area contributed by atoms with Crippen LogP contribution in [0.2, 0.25) is 0 Å². The van der Waals surface area contributed by atoms with E-state index in [4.69, 9.17) is 4.55 Å². The maximum atomic E-state index is 12.4. The van der Waals surface area contributed by atoms with Gasteiger partial charge < -0.3 is 9.29 Å². The predicted octanol–water partition coefficient (Wildman–Crippen LogP) is -0.0959. The fraction of sp³-hybridized carbons (Fsp3) is 1.00. The lowest BCUT2D eigenvalue weighted by atomic mass is 10.3. The molecule has 0 radical (unpaired) electrons. The van der Waals surface area contributed by atoms with E-state index in [1.165, 1.54) is 0 Å². The monoisotopic (exact) mass is 140 g/mol. The molecule has 1 fully saturated rings. The van der Waals surface area contributed by atoms with E-state index < -0.39 is 16.1 Å². The van der Waals surface area contributed by atoms with Crippen LogP contribution in [0.4, 0.5) is 4.39 Å². The third-order valence-corrected chi connectivity index (χ3v) is 1.81. The van der Waals surface area contributed by atoms with Gasteiger partial charge in [-0.1, -0.05) is 0 Å². The molecule has 1 rings (SSSR count). The maximum absolute atomic E-state index is 12.4. The van der Waals surface area contributed by atoms with Gasteiger partial charge in [0.25, 0.3) is 5.00 Å². The maximum Gasteiger partial charge on any atom is 0.255 e. The quantitative estimate of drug-likeness (QED) is 0.517. The summed E-state index contributed by atoms with van der Waals surface area (Å²) in [5, 5.41) is -1.97. The van der Waals surface area contributed by atoms with Crippen LogP contribution < -0.4 is 0 Å². The van der Waals surface area contributed by atoms with Crippen LogP contribution in [0.5, 0.6) is 0 Å². The molecule has 1 unspecified atom stereocenters. The van der Waals surface area contributed by atoms with Gasteiger partial charge in [-0.25, -0.2) is 8.60 Å². The fourth-order valence-corrected chi connectivity index (χ4v) is 0.732. The third-order valence-electron chi connectivity index (χ3n) is 0.948. The molecule has 0 saturated carbocycles. The lowest BCUT2D eigenvalue weighted by Gasteiger charge is -2.29. The molecule has 0 bridgehead atoms. The molecule has 5 heteroatoms. The number of alkyl halides is 1. The summed E-state index contributed by atoms with van der Waals surface area (Å²) in [4.78, 5) is 0. The summed E-state index contributed by atoms with van der Waals surface area (Å²) in [6.07, 6.45) is 0. The Hall–Kier alpha value is -0.0000000000000000486. The number of rotatable bonds is 1. The van der Waals surface area contributed by atoms with Gasteiger partial charge in [0.05, 0.1) is 13.2 Å². The van der Waals surface area contributed by atoms with Crippen LogP contribution in [0.1, 0.15) is 0 Å². The lowest BCUT2D eigenvalue weighted by molar-refractivity contribution is -0.0784. The van der Waals surface area contributed by atoms with E-state index in [0.29, 0.717) is 0 Å². The molecular formula is C3H5FO3S. The number of ether oxygens (including phenoxy) is 1. The average molecular weight is 140 g/mol. The van der Waals surface area contributed by atoms with Crippen molar-refractivity contribution in [2.24, 2.45) is 0 Å². The van der Waals surface area contributed by atoms with Crippen LogP contribution in [0.25, 0.3) is 0 Å². The third kappa shape index (κ3) is 0.765. The molecular weight excluding hydrogens is 135 g/mol. The average Bonchev–Trinajstić information content (AvgIpc) is 1.60. The van der Waals surface area contributed by atoms with Crippen molar-refractivity contribution in [2.45, 2.75) is 5.00 Å². The summed E-state index contributed by atoms with van der Waals surface area (Å²) >= 11 is -2.38. The topological polar surface area (TPSA) is 46.5 Å². The highest BCUT2D eigenvalue weighted by atomic mass is 32.2. The Morgan fingerprint density at radius 2 is 2.25 bits per heavy atom. The van der Waals surface area contributed by atoms with E-state index in [2.05, 4.69) is 4.74 Å². The molecule has 1 atom stereocenters. The van der Waals surface area contributed by atoms with Gasteiger partial charge >= 0.3 is 0 Å². The summed E-state index contributed by atoms with van der Waals surface area (Å²) in [6.45, 7) is -0.508. The Morgan fingerprint density at radius 1 is 1.75 bits per heavy atom. The first kappa shape index (κ1) is 6.12. The van der Waals surface area contributed by atoms with Crippen LogP contribution in [0, 0.1) is 0 Å². The Morgan fingerprint density at radius 3 is 2.25 bits per heavy atom. The van der Waals surface area contributed by atoms with Crippen molar-refractivity contribution in [3.8, 4) is 0 Å². The molecule has 0 spiro atoms. The van der Waals surface area contributed by atoms with Crippen LogP contribution >= 0.6 is 0 Å². The van der Waals surface area contributed by atoms with Crippen LogP contribution in [-0.4, -0.2) is 27.0 Å². The van der Waals surface area contributed by atoms with Crippen molar-refractivity contribution in [1.82, 2.24) is 0 Å². The minimum Gasteiger partial charge on any atom is -0.372 e. The van der Waals surface area contributed by atoms with Crippen molar-refractivity contribution in [3.05, 3.63) is 0 Å². The lowest BCUT2D eigenvalue weighted by Crippen LogP contribution is -2.48. The highest BCUT2D eigenvalue weighted by molar-refractivity contribution is 7.80. The van der Waals surface area contributed by atoms with Gasteiger partial charge in [0, 0.05) is 0 Å². The first-order valence-electron chi connectivity index (χ1n) is 2.03. The first-order valence-corrected chi connectivity index (χ1v) is 3.13. The van der Waals surface area contributed by atoms with Gasteiger partial charge in [0.15, 0.2) is 11.1 Å². The second-order valence-corrected chi connectivity index (χ2v) is 2.86. The van der Waals surface area contributed by atoms with Crippen molar-refractivity contribution >= 4 is 11.1 Å². The van der Waals surface area contributed by atoms with Crippen LogP contribution in [-0.2, 0) is 15.8 Å². The van der Waals surface area contributed by atoms with Crippen molar-refractivity contribution in [2.75, 3.05) is 13.2 Å². The summed E-state index contributed by atoms with van der Waals surface area (Å²) in [6, 6.07) is 0. The number of hydrogen-bond donors (Lipinski definition) is 1. The molecule has 1 aliphatic heterocycles. The fourth-order valence-electron chi connectivity index (χ4n) is 0.363. The zero-order valence-corrected chi connectivity index (χ0v) is 4.78. The zero-order valence-electron chi connectivity index (χ0n) is 3.96. The number of halogens is 1. The molecule has 8 heavy (non-hydrogen) atoms. The molecule has 0 aromatic rings. The van der Waals surface area contributed by atoms with E-state index in [1.54, 1.807) is 0 Å². The molecule has 48 valence electrons. The summed E-state index contributed by atoms with van der Waals surface area (Å²) in [5.74, 6) is 0. The van der Waals surface area contributed by atoms with E-state index in [0.717, 1.165) is 0 Å². The molecule has 1 aliphatic rings. The largest absolute Gasteiger partial charge is 0.372 e. The van der Waals surface area contributed by atoms with Gasteiger partial charge in [-0.05, 0) is 0 Å². The highest BCUT2D eigenvalue weighted by Gasteiger charge is 2.45. The first-order chi connectivity index (χ1) is 3.65. The Balaban J connectivity index is 2.53. The summed E-state index contributed by atoms with van der Waals surface area (Å²) < 4.78 is 34.8. The molecule has 1 N–H and O–H groups in total. The zero-order chi connectivity index (χ0) is 6.20. The molecule has 1 heterocycles. The van der Waals surface area contributed by atoms with E-state index >= 15 is 0 Å². The smallest absolute Gasteiger partial charge is 0.255 e. The normalized spacial score (nSPS) is 28.8. The molecule has 3 nitrogen and oxygen atoms in total. The van der Waals surface area contributed by atoms with Gasteiger partial charge in [-0.2, -0.15) is 0 Å².